The second kappa shape index (κ2) is 7.83. The largest absolute Gasteiger partial charge is 0.298 e. The van der Waals surface area contributed by atoms with Gasteiger partial charge in [0.15, 0.2) is 5.13 Å². The van der Waals surface area contributed by atoms with Gasteiger partial charge in [0.25, 0.3) is 0 Å². The van der Waals surface area contributed by atoms with Crippen molar-refractivity contribution in [3.05, 3.63) is 75.1 Å². The molecular weight excluding hydrogens is 375 g/mol. The summed E-state index contributed by atoms with van der Waals surface area (Å²) in [5.74, 6) is -0.239. The Hall–Kier alpha value is -2.14. The number of rotatable bonds is 4. The number of halogens is 2. The molecule has 0 aliphatic heterocycles. The van der Waals surface area contributed by atoms with E-state index < -0.39 is 0 Å². The average molecular weight is 389 g/mol. The second-order valence-corrected chi connectivity index (χ2v) is 7.38. The Morgan fingerprint density at radius 3 is 2.60 bits per heavy atom. The number of benzene rings is 2. The molecule has 0 radical (unpaired) electrons. The molecule has 0 saturated carbocycles. The molecule has 3 aromatic rings. The lowest BCUT2D eigenvalue weighted by Gasteiger charge is -1.99. The Bertz CT molecular complexity index is 933. The molecule has 0 aliphatic carbocycles. The number of aromatic nitrogens is 1. The van der Waals surface area contributed by atoms with E-state index in [4.69, 9.17) is 23.2 Å². The highest BCUT2D eigenvalue weighted by Gasteiger charge is 2.11. The molecule has 0 saturated heterocycles. The molecule has 0 unspecified atom stereocenters. The molecule has 1 aromatic heterocycles. The van der Waals surface area contributed by atoms with E-state index in [1.807, 2.05) is 43.3 Å². The third kappa shape index (κ3) is 4.69. The molecule has 3 nitrogen and oxygen atoms in total. The highest BCUT2D eigenvalue weighted by molar-refractivity contribution is 7.16. The van der Waals surface area contributed by atoms with E-state index >= 15 is 0 Å². The Labute approximate surface area is 159 Å². The van der Waals surface area contributed by atoms with Crippen LogP contribution in [0.3, 0.4) is 0 Å². The number of anilines is 1. The number of thiazole rings is 1. The molecule has 1 heterocycles. The number of hydrogen-bond acceptors (Lipinski definition) is 3. The van der Waals surface area contributed by atoms with Gasteiger partial charge in [0.05, 0.1) is 5.69 Å². The van der Waals surface area contributed by atoms with Crippen molar-refractivity contribution in [3.63, 3.8) is 0 Å². The van der Waals surface area contributed by atoms with Gasteiger partial charge in [0.1, 0.15) is 0 Å². The maximum Gasteiger partial charge on any atom is 0.250 e. The number of hydrogen-bond donors (Lipinski definition) is 1. The molecule has 0 spiro atoms. The first-order chi connectivity index (χ1) is 12.0. The Kier molecular flexibility index (Phi) is 5.53. The first-order valence-corrected chi connectivity index (χ1v) is 9.06. The van der Waals surface area contributed by atoms with Crippen LogP contribution in [0.15, 0.2) is 54.6 Å². The summed E-state index contributed by atoms with van der Waals surface area (Å²) in [5, 5.41) is 4.66. The van der Waals surface area contributed by atoms with Crippen LogP contribution in [0.4, 0.5) is 5.13 Å². The fourth-order valence-electron chi connectivity index (χ4n) is 2.25. The van der Waals surface area contributed by atoms with Crippen molar-refractivity contribution >= 4 is 51.7 Å². The van der Waals surface area contributed by atoms with Gasteiger partial charge in [0, 0.05) is 26.6 Å². The maximum atomic E-state index is 12.1. The van der Waals surface area contributed by atoms with Crippen molar-refractivity contribution in [2.75, 3.05) is 5.32 Å². The normalized spacial score (nSPS) is 11.0. The van der Waals surface area contributed by atoms with Crippen LogP contribution in [0.5, 0.6) is 0 Å². The van der Waals surface area contributed by atoms with Crippen LogP contribution >= 0.6 is 34.5 Å². The van der Waals surface area contributed by atoms with Gasteiger partial charge in [-0.1, -0.05) is 47.5 Å². The van der Waals surface area contributed by atoms with Crippen molar-refractivity contribution in [1.29, 1.82) is 0 Å². The predicted octanol–water partition coefficient (Wildman–Crippen LogP) is 6.08. The summed E-state index contributed by atoms with van der Waals surface area (Å²) in [7, 11) is 0. The fraction of sp³-hybridized carbons (Fsp3) is 0.0526. The van der Waals surface area contributed by atoms with Gasteiger partial charge in [0.2, 0.25) is 5.91 Å². The minimum Gasteiger partial charge on any atom is -0.298 e. The van der Waals surface area contributed by atoms with Crippen LogP contribution < -0.4 is 5.32 Å². The molecule has 0 atom stereocenters. The number of nitrogens with one attached hydrogen (secondary N) is 1. The Morgan fingerprint density at radius 2 is 1.88 bits per heavy atom. The average Bonchev–Trinajstić information content (AvgIpc) is 2.94. The molecule has 0 bridgehead atoms. The monoisotopic (exact) mass is 388 g/mol. The molecule has 3 rings (SSSR count). The smallest absolute Gasteiger partial charge is 0.250 e. The van der Waals surface area contributed by atoms with Crippen LogP contribution in [0.2, 0.25) is 10.0 Å². The molecule has 1 amide bonds. The zero-order valence-corrected chi connectivity index (χ0v) is 15.6. The zero-order valence-electron chi connectivity index (χ0n) is 13.3. The van der Waals surface area contributed by atoms with Gasteiger partial charge in [-0.2, -0.15) is 0 Å². The highest BCUT2D eigenvalue weighted by atomic mass is 35.5. The van der Waals surface area contributed by atoms with E-state index in [1.54, 1.807) is 18.2 Å². The van der Waals surface area contributed by atoms with Crippen molar-refractivity contribution in [2.45, 2.75) is 6.92 Å². The van der Waals surface area contributed by atoms with E-state index in [9.17, 15) is 4.79 Å². The summed E-state index contributed by atoms with van der Waals surface area (Å²) < 4.78 is 0. The van der Waals surface area contributed by atoms with Crippen LogP contribution in [0.25, 0.3) is 17.3 Å². The minimum atomic E-state index is -0.239. The van der Waals surface area contributed by atoms with Gasteiger partial charge in [-0.3, -0.25) is 10.1 Å². The lowest BCUT2D eigenvalue weighted by atomic mass is 10.1. The first kappa shape index (κ1) is 17.7. The quantitative estimate of drug-likeness (QED) is 0.550. The van der Waals surface area contributed by atoms with E-state index in [-0.39, 0.29) is 5.91 Å². The first-order valence-electron chi connectivity index (χ1n) is 7.49. The molecule has 1 N–H and O–H groups in total. The molecule has 126 valence electrons. The van der Waals surface area contributed by atoms with Crippen LogP contribution in [-0.4, -0.2) is 10.9 Å². The summed E-state index contributed by atoms with van der Waals surface area (Å²) in [6.07, 6.45) is 3.17. The third-order valence-corrected chi connectivity index (χ3v) is 4.79. The second-order valence-electron chi connectivity index (χ2n) is 5.31. The van der Waals surface area contributed by atoms with E-state index in [2.05, 4.69) is 10.3 Å². The maximum absolute atomic E-state index is 12.1. The van der Waals surface area contributed by atoms with E-state index in [1.165, 1.54) is 17.4 Å². The minimum absolute atomic E-state index is 0.239. The van der Waals surface area contributed by atoms with Crippen LogP contribution in [0.1, 0.15) is 10.4 Å². The lowest BCUT2D eigenvalue weighted by molar-refractivity contribution is -0.111. The summed E-state index contributed by atoms with van der Waals surface area (Å²) in [6.45, 7) is 1.97. The van der Waals surface area contributed by atoms with Crippen molar-refractivity contribution in [1.82, 2.24) is 4.98 Å². The van der Waals surface area contributed by atoms with Gasteiger partial charge in [-0.25, -0.2) is 4.98 Å². The summed E-state index contributed by atoms with van der Waals surface area (Å²) in [4.78, 5) is 17.6. The topological polar surface area (TPSA) is 42.0 Å². The fourth-order valence-corrected chi connectivity index (χ4v) is 3.42. The zero-order chi connectivity index (χ0) is 17.8. The van der Waals surface area contributed by atoms with Gasteiger partial charge in [-0.15, -0.1) is 11.3 Å². The summed E-state index contributed by atoms with van der Waals surface area (Å²) in [5.41, 5.74) is 2.67. The lowest BCUT2D eigenvalue weighted by Crippen LogP contribution is -2.07. The molecule has 6 heteroatoms. The standard InChI is InChI=1S/C19H14Cl2N2OS/c1-12-18(14-6-8-15(20)9-7-14)23-19(25-12)22-17(24)10-5-13-3-2-4-16(21)11-13/h2-11H,1H3,(H,22,23,24)/b10-5+. The van der Waals surface area contributed by atoms with E-state index in [0.29, 0.717) is 15.2 Å². The molecule has 0 aliphatic rings. The van der Waals surface area contributed by atoms with Gasteiger partial charge >= 0.3 is 0 Å². The number of aryl methyl sites for hydroxylation is 1. The SMILES string of the molecule is Cc1sc(NC(=O)/C=C/c2cccc(Cl)c2)nc1-c1ccc(Cl)cc1. The highest BCUT2D eigenvalue weighted by Crippen LogP contribution is 2.31. The van der Waals surface area contributed by atoms with Crippen LogP contribution in [0, 0.1) is 6.92 Å². The van der Waals surface area contributed by atoms with Gasteiger partial charge in [-0.05, 0) is 42.8 Å². The summed E-state index contributed by atoms with van der Waals surface area (Å²) >= 11 is 13.3. The molecule has 25 heavy (non-hydrogen) atoms. The number of amides is 1. The van der Waals surface area contributed by atoms with Crippen LogP contribution in [-0.2, 0) is 4.79 Å². The third-order valence-electron chi connectivity index (χ3n) is 3.42. The van der Waals surface area contributed by atoms with Gasteiger partial charge < -0.3 is 0 Å². The Morgan fingerprint density at radius 1 is 1.12 bits per heavy atom. The predicted molar refractivity (Wildman–Crippen MR) is 106 cm³/mol. The Balaban J connectivity index is 1.72. The molecule has 0 fully saturated rings. The molecule has 2 aromatic carbocycles. The van der Waals surface area contributed by atoms with E-state index in [0.717, 1.165) is 21.7 Å². The van der Waals surface area contributed by atoms with Crippen molar-refractivity contribution in [3.8, 4) is 11.3 Å². The summed E-state index contributed by atoms with van der Waals surface area (Å²) in [6, 6.07) is 14.8. The molecular formula is C19H14Cl2N2OS. The van der Waals surface area contributed by atoms with Crippen molar-refractivity contribution in [2.24, 2.45) is 0 Å². The number of carbonyl (C=O) groups excluding carboxylic acids is 1. The number of carbonyl (C=O) groups is 1. The van der Waals surface area contributed by atoms with Crippen molar-refractivity contribution < 1.29 is 4.79 Å². The number of nitrogens with zero attached hydrogens (tertiary/aromatic N) is 1.